The van der Waals surface area contributed by atoms with Crippen LogP contribution in [0.5, 0.6) is 0 Å². The van der Waals surface area contributed by atoms with Gasteiger partial charge in [0.2, 0.25) is 0 Å². The molecule has 0 bridgehead atoms. The highest BCUT2D eigenvalue weighted by molar-refractivity contribution is 5.68. The topological polar surface area (TPSA) is 80.3 Å². The summed E-state index contributed by atoms with van der Waals surface area (Å²) in [6.45, 7) is 9.23. The van der Waals surface area contributed by atoms with Crippen molar-refractivity contribution in [2.45, 2.75) is 51.5 Å². The predicted octanol–water partition coefficient (Wildman–Crippen LogP) is 7.74. The number of rotatable bonds is 12. The second kappa shape index (κ2) is 15.8. The van der Waals surface area contributed by atoms with E-state index in [2.05, 4.69) is 86.2 Å². The molecule has 4 aromatic rings. The van der Waals surface area contributed by atoms with Crippen LogP contribution in [0, 0.1) is 5.92 Å². The number of nitrogens with one attached hydrogen (secondary N) is 1. The minimum Gasteiger partial charge on any atom is -0.445 e. The van der Waals surface area contributed by atoms with Gasteiger partial charge in [0.25, 0.3) is 0 Å². The van der Waals surface area contributed by atoms with Gasteiger partial charge in [-0.1, -0.05) is 111 Å². The summed E-state index contributed by atoms with van der Waals surface area (Å²) in [5.74, 6) is 0.0761. The first-order chi connectivity index (χ1) is 22.4. The van der Waals surface area contributed by atoms with E-state index in [1.807, 2.05) is 54.6 Å². The van der Waals surface area contributed by atoms with Gasteiger partial charge in [0.1, 0.15) is 6.61 Å². The Morgan fingerprint density at radius 1 is 0.935 bits per heavy atom. The number of aliphatic hydroxyl groups is 1. The molecule has 7 nitrogen and oxygen atoms in total. The lowest BCUT2D eigenvalue weighted by Crippen LogP contribution is -2.44. The molecule has 1 saturated heterocycles. The minimum absolute atomic E-state index is 0.00133. The summed E-state index contributed by atoms with van der Waals surface area (Å²) in [7, 11) is 2.14. The first-order valence-corrected chi connectivity index (χ1v) is 15.8. The largest absolute Gasteiger partial charge is 0.445 e. The van der Waals surface area contributed by atoms with Crippen LogP contribution in [0.2, 0.25) is 0 Å². The summed E-state index contributed by atoms with van der Waals surface area (Å²) in [6.07, 6.45) is 0.182. The Bertz CT molecular complexity index is 1580. The van der Waals surface area contributed by atoms with Gasteiger partial charge in [-0.05, 0) is 59.5 Å². The van der Waals surface area contributed by atoms with Gasteiger partial charge in [0, 0.05) is 30.6 Å². The zero-order valence-corrected chi connectivity index (χ0v) is 26.8. The Hall–Kier alpha value is -4.27. The lowest BCUT2D eigenvalue weighted by atomic mass is 9.89. The molecule has 1 aliphatic heterocycles. The molecule has 1 aliphatic rings. The lowest BCUT2D eigenvalue weighted by molar-refractivity contribution is -0.276. The average Bonchev–Trinajstić information content (AvgIpc) is 3.11. The van der Waals surface area contributed by atoms with Crippen molar-refractivity contribution < 1.29 is 24.1 Å². The van der Waals surface area contributed by atoms with Crippen molar-refractivity contribution in [3.63, 3.8) is 0 Å². The van der Waals surface area contributed by atoms with Gasteiger partial charge >= 0.3 is 6.09 Å². The molecular weight excluding hydrogens is 576 g/mol. The van der Waals surface area contributed by atoms with E-state index in [1.54, 1.807) is 0 Å². The number of carbonyl (C=O) groups is 1. The van der Waals surface area contributed by atoms with Gasteiger partial charge in [-0.15, -0.1) is 0 Å². The van der Waals surface area contributed by atoms with Gasteiger partial charge in [-0.2, -0.15) is 0 Å². The second-order valence-electron chi connectivity index (χ2n) is 11.9. The van der Waals surface area contributed by atoms with Gasteiger partial charge in [0.05, 0.1) is 18.8 Å². The van der Waals surface area contributed by atoms with Gasteiger partial charge in [0.15, 0.2) is 6.29 Å². The van der Waals surface area contributed by atoms with Crippen LogP contribution in [0.4, 0.5) is 4.79 Å². The number of benzene rings is 4. The summed E-state index contributed by atoms with van der Waals surface area (Å²) < 4.78 is 18.5. The van der Waals surface area contributed by atoms with Crippen LogP contribution in [-0.2, 0) is 27.4 Å². The van der Waals surface area contributed by atoms with Crippen LogP contribution in [0.3, 0.4) is 0 Å². The Morgan fingerprint density at radius 2 is 1.65 bits per heavy atom. The van der Waals surface area contributed by atoms with E-state index in [0.717, 1.165) is 39.9 Å². The maximum atomic E-state index is 11.9. The smallest absolute Gasteiger partial charge is 0.407 e. The number of alkyl carbamates (subject to hydrolysis) is 1. The van der Waals surface area contributed by atoms with Gasteiger partial charge in [-0.3, -0.25) is 4.90 Å². The van der Waals surface area contributed by atoms with Gasteiger partial charge < -0.3 is 24.6 Å². The number of amides is 1. The molecule has 0 saturated carbocycles. The van der Waals surface area contributed by atoms with E-state index in [0.29, 0.717) is 6.54 Å². The molecule has 0 aromatic heterocycles. The van der Waals surface area contributed by atoms with Gasteiger partial charge in [-0.25, -0.2) is 4.79 Å². The number of nitrogens with zero attached hydrogens (tertiary/aromatic N) is 1. The van der Waals surface area contributed by atoms with Crippen LogP contribution >= 0.6 is 0 Å². The van der Waals surface area contributed by atoms with Crippen molar-refractivity contribution in [3.8, 4) is 11.1 Å². The maximum Gasteiger partial charge on any atom is 0.407 e. The predicted molar refractivity (Wildman–Crippen MR) is 181 cm³/mol. The summed E-state index contributed by atoms with van der Waals surface area (Å²) in [5, 5.41) is 12.4. The van der Waals surface area contributed by atoms with Crippen LogP contribution < -0.4 is 5.32 Å². The highest BCUT2D eigenvalue weighted by Gasteiger charge is 2.39. The van der Waals surface area contributed by atoms with Crippen molar-refractivity contribution >= 4 is 6.09 Å². The molecule has 1 amide bonds. The molecule has 7 heteroatoms. The molecule has 5 rings (SSSR count). The SMILES string of the molecule is C=CCOC(=O)NCc1cccc(-c2cccc([C@H]3O[C@@H](CN(C)[C@@H](C)c4ccccc4)[C@@H](C)[C@@H](c4ccc(CO)cc4)O3)c2)c1. The Morgan fingerprint density at radius 3 is 2.37 bits per heavy atom. The number of ether oxygens (including phenoxy) is 3. The molecule has 4 aromatic carbocycles. The molecule has 46 heavy (non-hydrogen) atoms. The third-order valence-electron chi connectivity index (χ3n) is 8.72. The highest BCUT2D eigenvalue weighted by Crippen LogP contribution is 2.42. The first kappa shape index (κ1) is 33.1. The second-order valence-corrected chi connectivity index (χ2v) is 11.9. The molecule has 0 spiro atoms. The van der Waals surface area contributed by atoms with Crippen molar-refractivity contribution in [2.75, 3.05) is 20.2 Å². The summed E-state index contributed by atoms with van der Waals surface area (Å²) in [4.78, 5) is 14.3. The van der Waals surface area contributed by atoms with Crippen molar-refractivity contribution in [1.82, 2.24) is 10.2 Å². The molecule has 0 aliphatic carbocycles. The normalized spacial score (nSPS) is 20.2. The van der Waals surface area contributed by atoms with Crippen molar-refractivity contribution in [1.29, 1.82) is 0 Å². The van der Waals surface area contributed by atoms with E-state index < -0.39 is 12.4 Å². The fourth-order valence-corrected chi connectivity index (χ4v) is 5.84. The minimum atomic E-state index is -0.575. The van der Waals surface area contributed by atoms with E-state index >= 15 is 0 Å². The summed E-state index contributed by atoms with van der Waals surface area (Å²) in [5.41, 5.74) is 7.12. The van der Waals surface area contributed by atoms with Crippen molar-refractivity contribution in [2.24, 2.45) is 5.92 Å². The van der Waals surface area contributed by atoms with E-state index in [-0.39, 0.29) is 37.4 Å². The number of carbonyl (C=O) groups excluding carboxylic acids is 1. The number of hydrogen-bond acceptors (Lipinski definition) is 6. The highest BCUT2D eigenvalue weighted by atomic mass is 16.7. The van der Waals surface area contributed by atoms with Crippen LogP contribution in [0.1, 0.15) is 60.1 Å². The third kappa shape index (κ3) is 8.30. The summed E-state index contributed by atoms with van der Waals surface area (Å²) in [6, 6.07) is 35.1. The van der Waals surface area contributed by atoms with Crippen LogP contribution in [-0.4, -0.2) is 42.4 Å². The molecule has 0 unspecified atom stereocenters. The lowest BCUT2D eigenvalue weighted by Gasteiger charge is -2.43. The quantitative estimate of drug-likeness (QED) is 0.158. The fourth-order valence-electron chi connectivity index (χ4n) is 5.84. The Labute approximate surface area is 272 Å². The maximum absolute atomic E-state index is 11.9. The van der Waals surface area contributed by atoms with Crippen LogP contribution in [0.15, 0.2) is 116 Å². The number of aliphatic hydroxyl groups excluding tert-OH is 1. The summed E-state index contributed by atoms with van der Waals surface area (Å²) >= 11 is 0. The van der Waals surface area contributed by atoms with Crippen molar-refractivity contribution in [3.05, 3.63) is 144 Å². The number of hydrogen-bond donors (Lipinski definition) is 2. The Balaban J connectivity index is 1.38. The molecule has 5 atom stereocenters. The monoisotopic (exact) mass is 620 g/mol. The Kier molecular flexibility index (Phi) is 11.4. The standard InChI is InChI=1S/C39H44N2O5/c1-5-21-44-39(43)40-24-30-11-9-14-33(22-30)34-15-10-16-35(23-34)38-45-36(25-41(4)28(3)31-12-7-6-8-13-31)27(2)37(46-38)32-19-17-29(26-42)18-20-32/h5-20,22-23,27-28,36-38,42H,1,21,24-26H2,2-4H3,(H,40,43)/t27-,28+,36+,37+,38+/m1/s1. The first-order valence-electron chi connectivity index (χ1n) is 15.8. The molecule has 240 valence electrons. The van der Waals surface area contributed by atoms with Crippen LogP contribution in [0.25, 0.3) is 11.1 Å². The third-order valence-corrected chi connectivity index (χ3v) is 8.72. The average molecular weight is 621 g/mol. The molecule has 2 N–H and O–H groups in total. The number of likely N-dealkylation sites (N-methyl/N-ethyl adjacent to an activating group) is 1. The van der Waals surface area contributed by atoms with E-state index in [1.165, 1.54) is 11.6 Å². The molecule has 1 heterocycles. The van der Waals surface area contributed by atoms with E-state index in [9.17, 15) is 9.90 Å². The molecule has 0 radical (unpaired) electrons. The molecule has 1 fully saturated rings. The molecular formula is C39H44N2O5. The van der Waals surface area contributed by atoms with E-state index in [4.69, 9.17) is 14.2 Å². The zero-order valence-electron chi connectivity index (χ0n) is 26.8. The zero-order chi connectivity index (χ0) is 32.5. The fraction of sp³-hybridized carbons (Fsp3) is 0.308.